The summed E-state index contributed by atoms with van der Waals surface area (Å²) in [5.41, 5.74) is 9.73. The summed E-state index contributed by atoms with van der Waals surface area (Å²) in [5.74, 6) is 0. The number of hydrogen-bond donors (Lipinski definition) is 2. The molecule has 98 valence electrons. The highest BCUT2D eigenvalue weighted by Crippen LogP contribution is 2.24. The van der Waals surface area contributed by atoms with Gasteiger partial charge in [0.15, 0.2) is 0 Å². The Morgan fingerprint density at radius 1 is 1.26 bits per heavy atom. The van der Waals surface area contributed by atoms with E-state index in [1.807, 2.05) is 24.3 Å². The highest BCUT2D eigenvalue weighted by Gasteiger charge is 2.04. The van der Waals surface area contributed by atoms with Gasteiger partial charge in [-0.3, -0.25) is 0 Å². The van der Waals surface area contributed by atoms with Crippen LogP contribution in [0.2, 0.25) is 5.02 Å². The second-order valence-electron chi connectivity index (χ2n) is 4.34. The summed E-state index contributed by atoms with van der Waals surface area (Å²) < 4.78 is 0. The van der Waals surface area contributed by atoms with E-state index in [4.69, 9.17) is 29.6 Å². The van der Waals surface area contributed by atoms with Crippen molar-refractivity contribution < 1.29 is 0 Å². The number of hydrogen-bond acceptors (Lipinski definition) is 2. The molecule has 0 unspecified atom stereocenters. The second kappa shape index (κ2) is 6.04. The third kappa shape index (κ3) is 3.46. The lowest BCUT2D eigenvalue weighted by atomic mass is 10.1. The largest absolute Gasteiger partial charge is 0.389 e. The van der Waals surface area contributed by atoms with Crippen LogP contribution in [-0.4, -0.2) is 4.99 Å². The molecule has 3 N–H and O–H groups in total. The van der Waals surface area contributed by atoms with Crippen LogP contribution < -0.4 is 11.1 Å². The Balaban J connectivity index is 2.12. The maximum absolute atomic E-state index is 6.20. The second-order valence-corrected chi connectivity index (χ2v) is 5.19. The summed E-state index contributed by atoms with van der Waals surface area (Å²) in [4.78, 5) is 0.354. The molecule has 0 aromatic heterocycles. The maximum Gasteiger partial charge on any atom is 0.104 e. The van der Waals surface area contributed by atoms with Gasteiger partial charge >= 0.3 is 0 Å². The summed E-state index contributed by atoms with van der Waals surface area (Å²) in [7, 11) is 0. The highest BCUT2D eigenvalue weighted by atomic mass is 35.5. The highest BCUT2D eigenvalue weighted by molar-refractivity contribution is 7.80. The molecule has 0 bridgehead atoms. The first kappa shape index (κ1) is 13.8. The van der Waals surface area contributed by atoms with Gasteiger partial charge in [-0.2, -0.15) is 0 Å². The first-order valence-electron chi connectivity index (χ1n) is 5.95. The normalized spacial score (nSPS) is 10.2. The molecular formula is C15H15ClN2S. The van der Waals surface area contributed by atoms with E-state index in [-0.39, 0.29) is 0 Å². The summed E-state index contributed by atoms with van der Waals surface area (Å²) in [6.07, 6.45) is 0. The fourth-order valence-electron chi connectivity index (χ4n) is 1.81. The van der Waals surface area contributed by atoms with Crippen molar-refractivity contribution in [2.75, 3.05) is 5.32 Å². The van der Waals surface area contributed by atoms with Gasteiger partial charge in [0.1, 0.15) is 4.99 Å². The summed E-state index contributed by atoms with van der Waals surface area (Å²) >= 11 is 11.1. The van der Waals surface area contributed by atoms with E-state index in [1.54, 1.807) is 6.07 Å². The molecule has 2 rings (SSSR count). The molecule has 0 radical (unpaired) electrons. The van der Waals surface area contributed by atoms with Crippen LogP contribution in [0.1, 0.15) is 16.7 Å². The Morgan fingerprint density at radius 2 is 2.00 bits per heavy atom. The number of aryl methyl sites for hydroxylation is 1. The predicted molar refractivity (Wildman–Crippen MR) is 85.8 cm³/mol. The van der Waals surface area contributed by atoms with Gasteiger partial charge in [-0.25, -0.2) is 0 Å². The smallest absolute Gasteiger partial charge is 0.104 e. The van der Waals surface area contributed by atoms with Crippen LogP contribution in [0.5, 0.6) is 0 Å². The van der Waals surface area contributed by atoms with Crippen molar-refractivity contribution in [1.82, 2.24) is 0 Å². The Bertz CT molecular complexity index is 611. The predicted octanol–water partition coefficient (Wildman–Crippen LogP) is 3.89. The van der Waals surface area contributed by atoms with Gasteiger partial charge in [-0.1, -0.05) is 48.1 Å². The Morgan fingerprint density at radius 3 is 2.63 bits per heavy atom. The number of anilines is 1. The van der Waals surface area contributed by atoms with Crippen molar-refractivity contribution in [3.8, 4) is 0 Å². The summed E-state index contributed by atoms with van der Waals surface area (Å²) in [5, 5.41) is 3.94. The zero-order valence-electron chi connectivity index (χ0n) is 10.6. The average molecular weight is 291 g/mol. The molecule has 0 aliphatic heterocycles. The summed E-state index contributed by atoms with van der Waals surface area (Å²) in [6, 6.07) is 13.8. The van der Waals surface area contributed by atoms with E-state index in [1.165, 1.54) is 11.1 Å². The van der Waals surface area contributed by atoms with E-state index >= 15 is 0 Å². The van der Waals surface area contributed by atoms with Crippen molar-refractivity contribution >= 4 is 34.5 Å². The first-order chi connectivity index (χ1) is 9.08. The molecule has 19 heavy (non-hydrogen) atoms. The lowest BCUT2D eigenvalue weighted by Crippen LogP contribution is -2.09. The molecule has 0 atom stereocenters. The minimum absolute atomic E-state index is 0.354. The third-order valence-corrected chi connectivity index (χ3v) is 3.53. The van der Waals surface area contributed by atoms with Crippen molar-refractivity contribution in [3.05, 3.63) is 64.2 Å². The zero-order chi connectivity index (χ0) is 13.8. The van der Waals surface area contributed by atoms with Gasteiger partial charge in [0.2, 0.25) is 0 Å². The molecular weight excluding hydrogens is 276 g/mol. The fraction of sp³-hybridized carbons (Fsp3) is 0.133. The van der Waals surface area contributed by atoms with Crippen LogP contribution in [-0.2, 0) is 6.54 Å². The molecule has 4 heteroatoms. The van der Waals surface area contributed by atoms with E-state index in [9.17, 15) is 0 Å². The van der Waals surface area contributed by atoms with E-state index in [0.717, 1.165) is 17.8 Å². The van der Waals surface area contributed by atoms with Crippen molar-refractivity contribution in [2.45, 2.75) is 13.5 Å². The minimum atomic E-state index is 0.354. The Hall–Kier alpha value is -1.58. The maximum atomic E-state index is 6.20. The number of nitrogens with two attached hydrogens (primary N) is 1. The van der Waals surface area contributed by atoms with Gasteiger partial charge in [0.05, 0.1) is 10.7 Å². The lowest BCUT2D eigenvalue weighted by Gasteiger charge is -2.11. The lowest BCUT2D eigenvalue weighted by molar-refractivity contribution is 1.12. The van der Waals surface area contributed by atoms with Crippen LogP contribution in [0.15, 0.2) is 42.5 Å². The average Bonchev–Trinajstić information content (AvgIpc) is 2.39. The third-order valence-electron chi connectivity index (χ3n) is 2.98. The number of nitrogens with one attached hydrogen (secondary N) is 1. The Kier molecular flexibility index (Phi) is 4.40. The monoisotopic (exact) mass is 290 g/mol. The van der Waals surface area contributed by atoms with Gasteiger partial charge in [-0.15, -0.1) is 0 Å². The number of halogens is 1. The Labute approximate surface area is 123 Å². The molecule has 0 aliphatic carbocycles. The quantitative estimate of drug-likeness (QED) is 0.839. The molecule has 2 nitrogen and oxygen atoms in total. The van der Waals surface area contributed by atoms with Gasteiger partial charge in [-0.05, 0) is 36.2 Å². The van der Waals surface area contributed by atoms with E-state index in [0.29, 0.717) is 10.0 Å². The van der Waals surface area contributed by atoms with Crippen LogP contribution >= 0.6 is 23.8 Å². The topological polar surface area (TPSA) is 38.0 Å². The molecule has 0 spiro atoms. The molecule has 2 aromatic carbocycles. The first-order valence-corrected chi connectivity index (χ1v) is 6.74. The van der Waals surface area contributed by atoms with Gasteiger partial charge < -0.3 is 11.1 Å². The molecule has 0 aliphatic rings. The molecule has 0 fully saturated rings. The molecule has 2 aromatic rings. The van der Waals surface area contributed by atoms with Crippen molar-refractivity contribution in [2.24, 2.45) is 5.73 Å². The van der Waals surface area contributed by atoms with Crippen molar-refractivity contribution in [3.63, 3.8) is 0 Å². The molecule has 0 amide bonds. The number of thiocarbonyl (C=S) groups is 1. The number of rotatable bonds is 4. The number of benzene rings is 2. The minimum Gasteiger partial charge on any atom is -0.389 e. The van der Waals surface area contributed by atoms with Crippen LogP contribution in [0, 0.1) is 6.92 Å². The van der Waals surface area contributed by atoms with Gasteiger partial charge in [0.25, 0.3) is 0 Å². The standard InChI is InChI=1S/C15H15ClN2S/c1-10-4-2-3-5-12(10)9-18-14-7-6-11(15(17)19)8-13(14)16/h2-8,18H,9H2,1H3,(H2,17,19). The molecule has 0 saturated carbocycles. The molecule has 0 saturated heterocycles. The summed E-state index contributed by atoms with van der Waals surface area (Å²) in [6.45, 7) is 2.83. The van der Waals surface area contributed by atoms with Gasteiger partial charge in [0, 0.05) is 12.1 Å². The zero-order valence-corrected chi connectivity index (χ0v) is 12.2. The van der Waals surface area contributed by atoms with E-state index < -0.39 is 0 Å². The SMILES string of the molecule is Cc1ccccc1CNc1ccc(C(N)=S)cc1Cl. The molecule has 0 heterocycles. The van der Waals surface area contributed by atoms with Crippen LogP contribution in [0.3, 0.4) is 0 Å². The van der Waals surface area contributed by atoms with Crippen LogP contribution in [0.25, 0.3) is 0 Å². The van der Waals surface area contributed by atoms with E-state index in [2.05, 4.69) is 24.4 Å². The van der Waals surface area contributed by atoms with Crippen molar-refractivity contribution in [1.29, 1.82) is 0 Å². The fourth-order valence-corrected chi connectivity index (χ4v) is 2.18. The van der Waals surface area contributed by atoms with Crippen LogP contribution in [0.4, 0.5) is 5.69 Å².